The van der Waals surface area contributed by atoms with Crippen molar-refractivity contribution in [2.75, 3.05) is 0 Å². The standard InChI is InChI=1S/C25H25N3.2C7H7.Hf/c1-17-15-18(2)23(19(3)16-17)26-25(4,5)24-21-13-9-10-14-22(21)28(27-24)20-11-7-6-8-12-20;2*1-7-5-3-2-4-6-7;/h6-11,13-16H,1-5H3;2*2-6H,1H2;/q-2;2*-1;. The zero-order valence-electron chi connectivity index (χ0n) is 25.8. The second-order valence-electron chi connectivity index (χ2n) is 10.9. The van der Waals surface area contributed by atoms with Gasteiger partial charge in [-0.3, -0.25) is 4.68 Å². The van der Waals surface area contributed by atoms with Gasteiger partial charge in [-0.1, -0.05) is 78.5 Å². The summed E-state index contributed by atoms with van der Waals surface area (Å²) in [4.78, 5) is 0. The van der Waals surface area contributed by atoms with Crippen molar-refractivity contribution in [1.29, 1.82) is 0 Å². The van der Waals surface area contributed by atoms with Gasteiger partial charge in [-0.15, -0.1) is 36.0 Å². The first-order valence-electron chi connectivity index (χ1n) is 14.2. The van der Waals surface area contributed by atoms with Crippen LogP contribution in [0.2, 0.25) is 0 Å². The Morgan fingerprint density at radius 2 is 1.21 bits per heavy atom. The molecule has 0 fully saturated rings. The van der Waals surface area contributed by atoms with Gasteiger partial charge in [0.05, 0.1) is 11.2 Å². The van der Waals surface area contributed by atoms with Gasteiger partial charge in [-0.05, 0) is 32.5 Å². The first kappa shape index (κ1) is 33.5. The van der Waals surface area contributed by atoms with Crippen LogP contribution in [0.3, 0.4) is 0 Å². The van der Waals surface area contributed by atoms with Crippen LogP contribution in [0.15, 0.2) is 121 Å². The molecule has 6 aromatic rings. The van der Waals surface area contributed by atoms with Crippen LogP contribution < -0.4 is 0 Å². The minimum atomic E-state index is -0.468. The van der Waals surface area contributed by atoms with Gasteiger partial charge in [-0.25, -0.2) is 0 Å². The summed E-state index contributed by atoms with van der Waals surface area (Å²) < 4.78 is 1.97. The molecule has 5 aromatic carbocycles. The monoisotopic (exact) mass is 729 g/mol. The topological polar surface area (TPSA) is 31.9 Å². The first-order chi connectivity index (χ1) is 20.2. The molecular weight excluding hydrogens is 689 g/mol. The van der Waals surface area contributed by atoms with Crippen LogP contribution in [0.4, 0.5) is 5.69 Å². The predicted octanol–water partition coefficient (Wildman–Crippen LogP) is 10.4. The fourth-order valence-corrected chi connectivity index (χ4v) is 4.85. The number of fused-ring (bicyclic) bond motifs is 1. The minimum absolute atomic E-state index is 0. The Balaban J connectivity index is 0.000000276. The molecule has 0 aliphatic heterocycles. The summed E-state index contributed by atoms with van der Waals surface area (Å²) in [7, 11) is 0. The van der Waals surface area contributed by atoms with E-state index in [0.29, 0.717) is 0 Å². The van der Waals surface area contributed by atoms with Gasteiger partial charge in [0.1, 0.15) is 0 Å². The molecule has 0 saturated heterocycles. The third kappa shape index (κ3) is 8.98. The summed E-state index contributed by atoms with van der Waals surface area (Å²) in [6.45, 7) is 18.1. The molecule has 0 saturated carbocycles. The van der Waals surface area contributed by atoms with Crippen molar-refractivity contribution in [2.45, 2.75) is 40.2 Å². The van der Waals surface area contributed by atoms with Crippen LogP contribution in [0.25, 0.3) is 21.9 Å². The van der Waals surface area contributed by atoms with E-state index in [4.69, 9.17) is 10.4 Å². The molecule has 1 heterocycles. The van der Waals surface area contributed by atoms with E-state index in [-0.39, 0.29) is 25.8 Å². The molecule has 6 rings (SSSR count). The molecule has 3 nitrogen and oxygen atoms in total. The molecule has 218 valence electrons. The van der Waals surface area contributed by atoms with Crippen LogP contribution in [0, 0.1) is 40.7 Å². The quantitative estimate of drug-likeness (QED) is 0.131. The summed E-state index contributed by atoms with van der Waals surface area (Å²) in [5.74, 6) is 0. The van der Waals surface area contributed by atoms with E-state index in [1.54, 1.807) is 0 Å². The molecule has 0 atom stereocenters. The van der Waals surface area contributed by atoms with E-state index in [9.17, 15) is 0 Å². The van der Waals surface area contributed by atoms with E-state index >= 15 is 0 Å². The maximum Gasteiger partial charge on any atom is 0.0718 e. The Morgan fingerprint density at radius 3 is 1.70 bits per heavy atom. The Kier molecular flexibility index (Phi) is 12.0. The minimum Gasteiger partial charge on any atom is -0.674 e. The maximum atomic E-state index is 5.17. The zero-order valence-corrected chi connectivity index (χ0v) is 29.4. The average molecular weight is 728 g/mol. The van der Waals surface area contributed by atoms with Crippen molar-refractivity contribution in [2.24, 2.45) is 0 Å². The van der Waals surface area contributed by atoms with E-state index < -0.39 is 5.54 Å². The summed E-state index contributed by atoms with van der Waals surface area (Å²) >= 11 is 0. The fraction of sp³-hybridized carbons (Fsp3) is 0.154. The van der Waals surface area contributed by atoms with Gasteiger partial charge in [0.2, 0.25) is 0 Å². The van der Waals surface area contributed by atoms with E-state index in [1.165, 1.54) is 16.7 Å². The van der Waals surface area contributed by atoms with Crippen molar-refractivity contribution in [3.05, 3.63) is 180 Å². The number of aromatic nitrogens is 2. The molecule has 1 aromatic heterocycles. The first-order valence-corrected chi connectivity index (χ1v) is 14.2. The predicted molar refractivity (Wildman–Crippen MR) is 178 cm³/mol. The zero-order chi connectivity index (χ0) is 30.1. The molecule has 43 heavy (non-hydrogen) atoms. The number of para-hydroxylation sites is 2. The van der Waals surface area contributed by atoms with Gasteiger partial charge in [-0.2, -0.15) is 78.6 Å². The van der Waals surface area contributed by atoms with E-state index in [2.05, 4.69) is 84.9 Å². The molecule has 0 N–H and O–H groups in total. The molecule has 4 heteroatoms. The third-order valence-corrected chi connectivity index (χ3v) is 6.80. The van der Waals surface area contributed by atoms with Crippen LogP contribution in [0.5, 0.6) is 0 Å². The van der Waals surface area contributed by atoms with Crippen molar-refractivity contribution >= 4 is 16.6 Å². The number of hydrogen-bond donors (Lipinski definition) is 0. The van der Waals surface area contributed by atoms with Gasteiger partial charge >= 0.3 is 0 Å². The number of hydrogen-bond acceptors (Lipinski definition) is 1. The largest absolute Gasteiger partial charge is 0.674 e. The third-order valence-electron chi connectivity index (χ3n) is 6.80. The van der Waals surface area contributed by atoms with Crippen molar-refractivity contribution in [3.63, 3.8) is 0 Å². The number of nitrogens with zero attached hydrogens (tertiary/aromatic N) is 3. The average Bonchev–Trinajstić information content (AvgIpc) is 3.38. The molecule has 0 amide bonds. The maximum absolute atomic E-state index is 5.17. The smallest absolute Gasteiger partial charge is 0.0718 e. The van der Waals surface area contributed by atoms with Gasteiger partial charge in [0.25, 0.3) is 0 Å². The normalized spacial score (nSPS) is 10.4. The molecule has 0 unspecified atom stereocenters. The number of aryl methyl sites for hydroxylation is 3. The van der Waals surface area contributed by atoms with Crippen LogP contribution in [-0.4, -0.2) is 9.78 Å². The Bertz CT molecular complexity index is 1650. The SMILES string of the molecule is Cc1cc(C)c([N-]C(C)(C)c2nn(-c3[c-]cccc3)c3ccccc23)c(C)c1.[CH2-]c1ccccc1.[CH2-]c1ccccc1.[Hf]. The van der Waals surface area contributed by atoms with Gasteiger partial charge < -0.3 is 5.32 Å². The molecule has 0 radical (unpaired) electrons. The van der Waals surface area contributed by atoms with Crippen LogP contribution in [-0.2, 0) is 31.4 Å². The fourth-order valence-electron chi connectivity index (χ4n) is 4.85. The second kappa shape index (κ2) is 15.5. The van der Waals surface area contributed by atoms with Crippen LogP contribution in [0.1, 0.15) is 47.4 Å². The molecule has 0 spiro atoms. The summed E-state index contributed by atoms with van der Waals surface area (Å²) in [5, 5.41) is 11.3. The van der Waals surface area contributed by atoms with Crippen molar-refractivity contribution in [1.82, 2.24) is 9.78 Å². The van der Waals surface area contributed by atoms with E-state index in [0.717, 1.165) is 39.1 Å². The summed E-state index contributed by atoms with van der Waals surface area (Å²) in [6.07, 6.45) is 0. The summed E-state index contributed by atoms with van der Waals surface area (Å²) in [6, 6.07) is 43.7. The molecule has 0 aliphatic carbocycles. The van der Waals surface area contributed by atoms with Crippen molar-refractivity contribution in [3.8, 4) is 5.69 Å². The number of benzene rings is 5. The Morgan fingerprint density at radius 1 is 0.698 bits per heavy atom. The van der Waals surface area contributed by atoms with Gasteiger partial charge in [0, 0.05) is 31.2 Å². The van der Waals surface area contributed by atoms with Crippen LogP contribution >= 0.6 is 0 Å². The Hall–Kier alpha value is -4.02. The van der Waals surface area contributed by atoms with Gasteiger partial charge in [0.15, 0.2) is 0 Å². The second-order valence-corrected chi connectivity index (χ2v) is 10.9. The Labute approximate surface area is 276 Å². The van der Waals surface area contributed by atoms with E-state index in [1.807, 2.05) is 95.7 Å². The van der Waals surface area contributed by atoms with Crippen molar-refractivity contribution < 1.29 is 25.8 Å². The molecule has 0 bridgehead atoms. The number of rotatable bonds is 4. The molecule has 0 aliphatic rings. The molecular formula is C39H39HfN3-4. The summed E-state index contributed by atoms with van der Waals surface area (Å²) in [5.41, 5.74) is 9.37.